The minimum Gasteiger partial charge on any atom is -0.463 e. The highest BCUT2D eigenvalue weighted by Gasteiger charge is 2.30. The van der Waals surface area contributed by atoms with E-state index in [1.165, 1.54) is 41.2 Å². The third-order valence-electron chi connectivity index (χ3n) is 4.89. The number of halogens is 2. The lowest BCUT2D eigenvalue weighted by molar-refractivity contribution is -0.919. The van der Waals surface area contributed by atoms with Crippen molar-refractivity contribution in [3.05, 3.63) is 58.1 Å². The Bertz CT molecular complexity index is 919. The maximum absolute atomic E-state index is 13.4. The van der Waals surface area contributed by atoms with Gasteiger partial charge in [-0.1, -0.05) is 11.6 Å². The van der Waals surface area contributed by atoms with E-state index in [1.807, 2.05) is 12.1 Å². The van der Waals surface area contributed by atoms with Crippen molar-refractivity contribution in [1.82, 2.24) is 5.32 Å². The topological polar surface area (TPSA) is 46.7 Å². The van der Waals surface area contributed by atoms with Gasteiger partial charge < -0.3 is 14.6 Å². The molecule has 0 spiro atoms. The number of rotatable bonds is 5. The van der Waals surface area contributed by atoms with Crippen molar-refractivity contribution in [3.8, 4) is 0 Å². The lowest BCUT2D eigenvalue weighted by atomic mass is 10.2. The molecule has 1 atom stereocenters. The van der Waals surface area contributed by atoms with E-state index < -0.39 is 0 Å². The summed E-state index contributed by atoms with van der Waals surface area (Å²) in [6, 6.07) is 8.28. The summed E-state index contributed by atoms with van der Waals surface area (Å²) in [7, 11) is 0. The molecule has 26 heavy (non-hydrogen) atoms. The molecule has 1 aliphatic heterocycles. The van der Waals surface area contributed by atoms with Crippen LogP contribution in [0.15, 0.2) is 41.0 Å². The molecule has 0 bridgehead atoms. The van der Waals surface area contributed by atoms with Gasteiger partial charge in [-0.3, -0.25) is 4.79 Å². The van der Waals surface area contributed by atoms with E-state index in [-0.39, 0.29) is 17.8 Å². The maximum atomic E-state index is 13.4. The number of hydrogen-bond acceptors (Lipinski definition) is 3. The Morgan fingerprint density at radius 1 is 1.35 bits per heavy atom. The Balaban J connectivity index is 1.53. The molecule has 0 unspecified atom stereocenters. The van der Waals surface area contributed by atoms with Gasteiger partial charge >= 0.3 is 0 Å². The Kier molecular flexibility index (Phi) is 4.98. The molecule has 0 saturated carbocycles. The Labute approximate surface area is 159 Å². The zero-order chi connectivity index (χ0) is 18.1. The van der Waals surface area contributed by atoms with Gasteiger partial charge in [0.25, 0.3) is 5.91 Å². The summed E-state index contributed by atoms with van der Waals surface area (Å²) in [5, 5.41) is 4.08. The smallest absolute Gasteiger partial charge is 0.263 e. The molecular weight excluding hydrogens is 375 g/mol. The molecule has 136 valence electrons. The molecule has 2 N–H and O–H groups in total. The molecule has 1 fully saturated rings. The van der Waals surface area contributed by atoms with Crippen LogP contribution in [0.2, 0.25) is 5.02 Å². The van der Waals surface area contributed by atoms with E-state index in [4.69, 9.17) is 16.0 Å². The minimum atomic E-state index is -0.335. The van der Waals surface area contributed by atoms with Crippen molar-refractivity contribution in [2.45, 2.75) is 18.9 Å². The number of nitrogens with one attached hydrogen (secondary N) is 2. The van der Waals surface area contributed by atoms with E-state index in [2.05, 4.69) is 5.32 Å². The van der Waals surface area contributed by atoms with Crippen LogP contribution in [0.5, 0.6) is 0 Å². The van der Waals surface area contributed by atoms with Crippen molar-refractivity contribution in [2.24, 2.45) is 0 Å². The monoisotopic (exact) mass is 393 g/mol. The van der Waals surface area contributed by atoms with Crippen LogP contribution in [-0.4, -0.2) is 25.5 Å². The Morgan fingerprint density at radius 2 is 2.15 bits per heavy atom. The molecule has 1 saturated heterocycles. The predicted molar refractivity (Wildman–Crippen MR) is 101 cm³/mol. The number of likely N-dealkylation sites (tertiary alicyclic amines) is 1. The van der Waals surface area contributed by atoms with Gasteiger partial charge in [-0.25, -0.2) is 4.39 Å². The van der Waals surface area contributed by atoms with Crippen molar-refractivity contribution >= 4 is 38.9 Å². The minimum absolute atomic E-state index is 0.0852. The number of amides is 1. The van der Waals surface area contributed by atoms with Crippen LogP contribution in [0, 0.1) is 5.82 Å². The van der Waals surface area contributed by atoms with Crippen LogP contribution in [-0.2, 0) is 0 Å². The average Bonchev–Trinajstić information content (AvgIpc) is 3.37. The highest BCUT2D eigenvalue weighted by molar-refractivity contribution is 7.21. The largest absolute Gasteiger partial charge is 0.463 e. The molecule has 1 aliphatic rings. The second-order valence-electron chi connectivity index (χ2n) is 6.53. The fourth-order valence-electron chi connectivity index (χ4n) is 3.57. The number of furan rings is 1. The van der Waals surface area contributed by atoms with Gasteiger partial charge in [0.05, 0.1) is 30.9 Å². The maximum Gasteiger partial charge on any atom is 0.263 e. The first kappa shape index (κ1) is 17.5. The van der Waals surface area contributed by atoms with E-state index in [9.17, 15) is 9.18 Å². The molecule has 2 aromatic heterocycles. The van der Waals surface area contributed by atoms with Gasteiger partial charge in [-0.05, 0) is 30.3 Å². The zero-order valence-electron chi connectivity index (χ0n) is 14.1. The number of carbonyl (C=O) groups is 1. The second-order valence-corrected chi connectivity index (χ2v) is 7.96. The van der Waals surface area contributed by atoms with Gasteiger partial charge in [0.2, 0.25) is 0 Å². The summed E-state index contributed by atoms with van der Waals surface area (Å²) in [6.45, 7) is 2.62. The third-order valence-corrected chi connectivity index (χ3v) is 6.55. The molecule has 4 rings (SSSR count). The van der Waals surface area contributed by atoms with Crippen LogP contribution >= 0.6 is 22.9 Å². The molecule has 4 nitrogen and oxygen atoms in total. The summed E-state index contributed by atoms with van der Waals surface area (Å²) < 4.78 is 19.7. The standard InChI is InChI=1S/C19H18ClFN2O2S/c20-17-13-6-5-12(21)10-16(13)26-18(17)19(24)22-11-14(15-4-3-9-25-15)23-7-1-2-8-23/h3-6,9-10,14H,1-2,7-8,11H2,(H,22,24)/p+1/t14-/m0/s1. The molecule has 1 amide bonds. The predicted octanol–water partition coefficient (Wildman–Crippen LogP) is 3.44. The molecule has 0 radical (unpaired) electrons. The zero-order valence-corrected chi connectivity index (χ0v) is 15.6. The third kappa shape index (κ3) is 3.37. The fourth-order valence-corrected chi connectivity index (χ4v) is 5.03. The first-order valence-corrected chi connectivity index (χ1v) is 9.86. The number of quaternary nitrogens is 1. The van der Waals surface area contributed by atoms with E-state index in [0.29, 0.717) is 26.5 Å². The van der Waals surface area contributed by atoms with Crippen molar-refractivity contribution < 1.29 is 18.5 Å². The van der Waals surface area contributed by atoms with Gasteiger partial charge in [0.1, 0.15) is 10.7 Å². The van der Waals surface area contributed by atoms with Crippen molar-refractivity contribution in [1.29, 1.82) is 0 Å². The van der Waals surface area contributed by atoms with Gasteiger partial charge in [0.15, 0.2) is 11.8 Å². The van der Waals surface area contributed by atoms with Crippen molar-refractivity contribution in [2.75, 3.05) is 19.6 Å². The average molecular weight is 394 g/mol. The van der Waals surface area contributed by atoms with E-state index in [0.717, 1.165) is 18.8 Å². The first-order valence-electron chi connectivity index (χ1n) is 8.67. The fraction of sp³-hybridized carbons (Fsp3) is 0.316. The Morgan fingerprint density at radius 3 is 2.88 bits per heavy atom. The molecule has 7 heteroatoms. The molecule has 1 aromatic carbocycles. The summed E-state index contributed by atoms with van der Waals surface area (Å²) in [5.41, 5.74) is 0. The Hall–Kier alpha value is -1.89. The molecule has 0 aliphatic carbocycles. The molecule has 3 heterocycles. The second kappa shape index (κ2) is 7.39. The summed E-state index contributed by atoms with van der Waals surface area (Å²) in [6.07, 6.45) is 4.04. The lowest BCUT2D eigenvalue weighted by Crippen LogP contribution is -3.11. The number of fused-ring (bicyclic) bond motifs is 1. The number of benzene rings is 1. The van der Waals surface area contributed by atoms with Gasteiger partial charge in [-0.2, -0.15) is 0 Å². The van der Waals surface area contributed by atoms with Gasteiger partial charge in [0, 0.05) is 22.9 Å². The first-order chi connectivity index (χ1) is 12.6. The summed E-state index contributed by atoms with van der Waals surface area (Å²) >= 11 is 7.56. The normalized spacial score (nSPS) is 16.2. The summed E-state index contributed by atoms with van der Waals surface area (Å²) in [4.78, 5) is 14.5. The SMILES string of the molecule is O=C(NC[C@@H](c1ccco1)[NH+]1CCCC1)c1sc2cc(F)ccc2c1Cl. The lowest BCUT2D eigenvalue weighted by Gasteiger charge is -2.23. The summed E-state index contributed by atoms with van der Waals surface area (Å²) in [5.74, 6) is 0.316. The highest BCUT2D eigenvalue weighted by Crippen LogP contribution is 2.35. The van der Waals surface area contributed by atoms with Crippen LogP contribution in [0.3, 0.4) is 0 Å². The number of thiophene rings is 1. The number of hydrogen-bond donors (Lipinski definition) is 2. The van der Waals surface area contributed by atoms with Crippen LogP contribution in [0.1, 0.15) is 34.3 Å². The van der Waals surface area contributed by atoms with Gasteiger partial charge in [-0.15, -0.1) is 11.3 Å². The molecule has 3 aromatic rings. The van der Waals surface area contributed by atoms with E-state index >= 15 is 0 Å². The van der Waals surface area contributed by atoms with Crippen molar-refractivity contribution in [3.63, 3.8) is 0 Å². The highest BCUT2D eigenvalue weighted by atomic mass is 35.5. The quantitative estimate of drug-likeness (QED) is 0.697. The number of carbonyl (C=O) groups excluding carboxylic acids is 1. The van der Waals surface area contributed by atoms with Crippen LogP contribution in [0.25, 0.3) is 10.1 Å². The molecular formula is C19H19ClFN2O2S+. The van der Waals surface area contributed by atoms with E-state index in [1.54, 1.807) is 12.3 Å². The van der Waals surface area contributed by atoms with Crippen LogP contribution < -0.4 is 10.2 Å². The van der Waals surface area contributed by atoms with Crippen LogP contribution in [0.4, 0.5) is 4.39 Å².